The van der Waals surface area contributed by atoms with Gasteiger partial charge in [-0.25, -0.2) is 4.90 Å². The summed E-state index contributed by atoms with van der Waals surface area (Å²) >= 11 is 0. The number of nitrogens with zero attached hydrogens (tertiary/aromatic N) is 1. The molecule has 34 heavy (non-hydrogen) atoms. The second-order valence-corrected chi connectivity index (χ2v) is 8.19. The zero-order chi connectivity index (χ0) is 23.8. The van der Waals surface area contributed by atoms with Crippen molar-refractivity contribution in [2.75, 3.05) is 23.6 Å². The largest absolute Gasteiger partial charge is 0.494 e. The van der Waals surface area contributed by atoms with E-state index >= 15 is 0 Å². The number of hydrogen-bond donors (Lipinski definition) is 1. The fourth-order valence-corrected chi connectivity index (χ4v) is 4.23. The number of aryl methyl sites for hydroxylation is 2. The lowest BCUT2D eigenvalue weighted by molar-refractivity contribution is -0.120. The molecule has 0 fully saturated rings. The predicted molar refractivity (Wildman–Crippen MR) is 129 cm³/mol. The van der Waals surface area contributed by atoms with Crippen LogP contribution in [0.15, 0.2) is 66.4 Å². The summed E-state index contributed by atoms with van der Waals surface area (Å²) in [5.74, 6) is 1.10. The van der Waals surface area contributed by atoms with Crippen LogP contribution < -0.4 is 24.4 Å². The average Bonchev–Trinajstić information content (AvgIpc) is 3.36. The lowest BCUT2D eigenvalue weighted by atomic mass is 10.0. The number of amides is 2. The Morgan fingerprint density at radius 1 is 0.882 bits per heavy atom. The maximum atomic E-state index is 13.7. The zero-order valence-electron chi connectivity index (χ0n) is 19.2. The smallest absolute Gasteiger partial charge is 0.282 e. The first kappa shape index (κ1) is 21.6. The predicted octanol–water partition coefficient (Wildman–Crippen LogP) is 4.83. The molecular weight excluding hydrogens is 432 g/mol. The van der Waals surface area contributed by atoms with E-state index in [1.165, 1.54) is 4.90 Å². The van der Waals surface area contributed by atoms with Gasteiger partial charge in [0.1, 0.15) is 11.4 Å². The van der Waals surface area contributed by atoms with Crippen LogP contribution in [0.1, 0.15) is 23.6 Å². The molecule has 5 rings (SSSR count). The molecule has 0 spiro atoms. The second kappa shape index (κ2) is 8.59. The van der Waals surface area contributed by atoms with Crippen molar-refractivity contribution in [2.24, 2.45) is 0 Å². The van der Waals surface area contributed by atoms with E-state index in [0.717, 1.165) is 11.1 Å². The van der Waals surface area contributed by atoms with Crippen molar-refractivity contribution in [3.05, 3.63) is 83.1 Å². The van der Waals surface area contributed by atoms with E-state index in [1.807, 2.05) is 39.0 Å². The third kappa shape index (κ3) is 3.85. The number of carbonyl (C=O) groups is 2. The molecule has 7 nitrogen and oxygen atoms in total. The SMILES string of the molecule is CCOc1ccc(C2=C(Nc3ccc4c(c3)OCO4)C(=O)N(c3cc(C)cc(C)c3)C2=O)cc1. The van der Waals surface area contributed by atoms with Crippen molar-refractivity contribution in [3.63, 3.8) is 0 Å². The third-order valence-electron chi connectivity index (χ3n) is 5.64. The Morgan fingerprint density at radius 2 is 1.59 bits per heavy atom. The van der Waals surface area contributed by atoms with Crippen LogP contribution in [0.3, 0.4) is 0 Å². The van der Waals surface area contributed by atoms with E-state index in [1.54, 1.807) is 42.5 Å². The Morgan fingerprint density at radius 3 is 2.29 bits per heavy atom. The highest BCUT2D eigenvalue weighted by Gasteiger charge is 2.40. The quantitative estimate of drug-likeness (QED) is 0.536. The molecule has 2 aliphatic rings. The van der Waals surface area contributed by atoms with Gasteiger partial charge in [0.15, 0.2) is 11.5 Å². The van der Waals surface area contributed by atoms with E-state index in [2.05, 4.69) is 5.32 Å². The van der Waals surface area contributed by atoms with Gasteiger partial charge in [0.2, 0.25) is 6.79 Å². The van der Waals surface area contributed by atoms with Gasteiger partial charge in [0.05, 0.1) is 17.9 Å². The van der Waals surface area contributed by atoms with E-state index in [4.69, 9.17) is 14.2 Å². The molecule has 0 radical (unpaired) electrons. The first-order chi connectivity index (χ1) is 16.4. The van der Waals surface area contributed by atoms with Crippen molar-refractivity contribution in [1.29, 1.82) is 0 Å². The van der Waals surface area contributed by atoms with Gasteiger partial charge in [-0.3, -0.25) is 9.59 Å². The molecule has 0 aliphatic carbocycles. The molecule has 2 amide bonds. The van der Waals surface area contributed by atoms with Crippen molar-refractivity contribution in [2.45, 2.75) is 20.8 Å². The van der Waals surface area contributed by atoms with Crippen molar-refractivity contribution < 1.29 is 23.8 Å². The Bertz CT molecular complexity index is 1310. The Hall–Kier alpha value is -4.26. The minimum atomic E-state index is -0.420. The number of anilines is 2. The van der Waals surface area contributed by atoms with E-state index in [-0.39, 0.29) is 18.4 Å². The molecule has 0 bridgehead atoms. The number of benzene rings is 3. The van der Waals surface area contributed by atoms with Crippen molar-refractivity contribution in [3.8, 4) is 17.2 Å². The molecule has 2 aliphatic heterocycles. The molecule has 0 unspecified atom stereocenters. The fourth-order valence-electron chi connectivity index (χ4n) is 4.23. The van der Waals surface area contributed by atoms with Crippen LogP contribution in [0, 0.1) is 13.8 Å². The molecule has 3 aromatic rings. The van der Waals surface area contributed by atoms with Crippen LogP contribution >= 0.6 is 0 Å². The number of fused-ring (bicyclic) bond motifs is 1. The van der Waals surface area contributed by atoms with Crippen molar-refractivity contribution in [1.82, 2.24) is 0 Å². The van der Waals surface area contributed by atoms with Crippen LogP contribution in [-0.2, 0) is 9.59 Å². The molecule has 0 saturated carbocycles. The summed E-state index contributed by atoms with van der Waals surface area (Å²) in [6.07, 6.45) is 0. The van der Waals surface area contributed by atoms with Crippen LogP contribution in [0.25, 0.3) is 5.57 Å². The highest BCUT2D eigenvalue weighted by Crippen LogP contribution is 2.38. The number of rotatable bonds is 6. The monoisotopic (exact) mass is 456 g/mol. The summed E-state index contributed by atoms with van der Waals surface area (Å²) in [5, 5.41) is 3.17. The van der Waals surface area contributed by atoms with Crippen LogP contribution in [-0.4, -0.2) is 25.2 Å². The fraction of sp³-hybridized carbons (Fsp3) is 0.185. The summed E-state index contributed by atoms with van der Waals surface area (Å²) < 4.78 is 16.4. The summed E-state index contributed by atoms with van der Waals surface area (Å²) in [5.41, 5.74) is 4.21. The second-order valence-electron chi connectivity index (χ2n) is 8.19. The summed E-state index contributed by atoms with van der Waals surface area (Å²) in [6.45, 7) is 6.47. The molecule has 0 aromatic heterocycles. The lowest BCUT2D eigenvalue weighted by Gasteiger charge is -2.17. The minimum absolute atomic E-state index is 0.150. The normalized spacial score (nSPS) is 14.7. The number of nitrogens with one attached hydrogen (secondary N) is 1. The summed E-state index contributed by atoms with van der Waals surface area (Å²) in [4.78, 5) is 28.5. The van der Waals surface area contributed by atoms with Crippen LogP contribution in [0.4, 0.5) is 11.4 Å². The molecule has 3 aromatic carbocycles. The van der Waals surface area contributed by atoms with Gasteiger partial charge in [-0.1, -0.05) is 18.2 Å². The van der Waals surface area contributed by atoms with Gasteiger partial charge in [-0.2, -0.15) is 0 Å². The van der Waals surface area contributed by atoms with Crippen LogP contribution in [0.5, 0.6) is 17.2 Å². The molecule has 172 valence electrons. The maximum Gasteiger partial charge on any atom is 0.282 e. The highest BCUT2D eigenvalue weighted by atomic mass is 16.7. The maximum absolute atomic E-state index is 13.7. The number of ether oxygens (including phenoxy) is 3. The first-order valence-corrected chi connectivity index (χ1v) is 11.1. The summed E-state index contributed by atoms with van der Waals surface area (Å²) in [7, 11) is 0. The molecule has 7 heteroatoms. The minimum Gasteiger partial charge on any atom is -0.494 e. The topological polar surface area (TPSA) is 77.1 Å². The van der Waals surface area contributed by atoms with E-state index in [9.17, 15) is 9.59 Å². The number of hydrogen-bond acceptors (Lipinski definition) is 6. The van der Waals surface area contributed by atoms with Crippen molar-refractivity contribution >= 4 is 28.8 Å². The van der Waals surface area contributed by atoms with Gasteiger partial charge in [-0.15, -0.1) is 0 Å². The molecule has 0 atom stereocenters. The average molecular weight is 456 g/mol. The standard InChI is InChI=1S/C27H24N2O5/c1-4-32-21-8-5-18(6-9-21)24-25(28-19-7-10-22-23(14-19)34-15-33-22)27(31)29(26(24)30)20-12-16(2)11-17(3)13-20/h5-14,28H,4,15H2,1-3H3. The van der Waals surface area contributed by atoms with E-state index in [0.29, 0.717) is 46.4 Å². The zero-order valence-corrected chi connectivity index (χ0v) is 19.2. The lowest BCUT2D eigenvalue weighted by Crippen LogP contribution is -2.32. The van der Waals surface area contributed by atoms with Gasteiger partial charge in [-0.05, 0) is 73.9 Å². The summed E-state index contributed by atoms with van der Waals surface area (Å²) in [6, 6.07) is 18.1. The number of imide groups is 1. The van der Waals surface area contributed by atoms with Gasteiger partial charge in [0.25, 0.3) is 11.8 Å². The van der Waals surface area contributed by atoms with Gasteiger partial charge >= 0.3 is 0 Å². The first-order valence-electron chi connectivity index (χ1n) is 11.1. The number of carbonyl (C=O) groups excluding carboxylic acids is 2. The van der Waals surface area contributed by atoms with Gasteiger partial charge < -0.3 is 19.5 Å². The third-order valence-corrected chi connectivity index (χ3v) is 5.64. The van der Waals surface area contributed by atoms with Gasteiger partial charge in [0, 0.05) is 11.8 Å². The highest BCUT2D eigenvalue weighted by molar-refractivity contribution is 6.46. The Labute approximate surface area is 197 Å². The molecule has 2 heterocycles. The van der Waals surface area contributed by atoms with E-state index < -0.39 is 5.91 Å². The Kier molecular flexibility index (Phi) is 5.45. The molecular formula is C27H24N2O5. The Balaban J connectivity index is 1.58. The van der Waals surface area contributed by atoms with Crippen LogP contribution in [0.2, 0.25) is 0 Å². The molecule has 0 saturated heterocycles. The molecule has 1 N–H and O–H groups in total.